The molecule has 2 rings (SSSR count). The van der Waals surface area contributed by atoms with Crippen LogP contribution >= 0.6 is 0 Å². The summed E-state index contributed by atoms with van der Waals surface area (Å²) in [5.41, 5.74) is 0. The van der Waals surface area contributed by atoms with Crippen LogP contribution in [-0.2, 0) is 9.59 Å². The molecule has 0 aromatic heterocycles. The van der Waals surface area contributed by atoms with Gasteiger partial charge in [-0.1, -0.05) is 19.3 Å². The molecule has 1 aliphatic heterocycles. The van der Waals surface area contributed by atoms with E-state index in [0.717, 1.165) is 38.8 Å². The molecule has 0 bridgehead atoms. The van der Waals surface area contributed by atoms with Crippen molar-refractivity contribution in [1.82, 2.24) is 15.5 Å². The van der Waals surface area contributed by atoms with Crippen molar-refractivity contribution < 1.29 is 9.59 Å². The Morgan fingerprint density at radius 1 is 1.00 bits per heavy atom. The lowest BCUT2D eigenvalue weighted by atomic mass is 9.95. The minimum absolute atomic E-state index is 0.0171. The predicted octanol–water partition coefficient (Wildman–Crippen LogP) is 1.04. The number of amides is 2. The molecule has 2 fully saturated rings. The van der Waals surface area contributed by atoms with Crippen molar-refractivity contribution in [2.24, 2.45) is 0 Å². The van der Waals surface area contributed by atoms with Crippen molar-refractivity contribution in [2.75, 3.05) is 19.6 Å². The maximum Gasteiger partial charge on any atom is 0.234 e. The van der Waals surface area contributed by atoms with Crippen LogP contribution in [0.15, 0.2) is 0 Å². The van der Waals surface area contributed by atoms with Gasteiger partial charge < -0.3 is 10.6 Å². The van der Waals surface area contributed by atoms with Gasteiger partial charge in [0, 0.05) is 25.6 Å². The van der Waals surface area contributed by atoms with Crippen LogP contribution < -0.4 is 10.6 Å². The Kier molecular flexibility index (Phi) is 5.83. The molecule has 1 saturated heterocycles. The Hall–Kier alpha value is -1.10. The molecular weight excluding hydrogens is 254 g/mol. The molecule has 0 aromatic rings. The third-order valence-corrected chi connectivity index (χ3v) is 4.25. The normalized spacial score (nSPS) is 25.1. The van der Waals surface area contributed by atoms with Gasteiger partial charge in [0.05, 0.1) is 6.54 Å². The van der Waals surface area contributed by atoms with Crippen LogP contribution in [0.4, 0.5) is 0 Å². The lowest BCUT2D eigenvalue weighted by Crippen LogP contribution is -2.50. The average molecular weight is 281 g/mol. The van der Waals surface area contributed by atoms with E-state index in [2.05, 4.69) is 15.5 Å². The smallest absolute Gasteiger partial charge is 0.234 e. The van der Waals surface area contributed by atoms with Crippen LogP contribution in [0, 0.1) is 0 Å². The van der Waals surface area contributed by atoms with E-state index in [1.165, 1.54) is 19.3 Å². The number of carbonyl (C=O) groups excluding carboxylic acids is 2. The van der Waals surface area contributed by atoms with Gasteiger partial charge in [-0.15, -0.1) is 0 Å². The number of nitrogens with zero attached hydrogens (tertiary/aromatic N) is 1. The summed E-state index contributed by atoms with van der Waals surface area (Å²) in [6.07, 6.45) is 8.08. The number of rotatable bonds is 4. The zero-order valence-electron chi connectivity index (χ0n) is 12.5. The SMILES string of the molecule is CC(=O)NC1CCCN(CC(=O)NC2CCCCC2)C1. The number of piperidine rings is 1. The topological polar surface area (TPSA) is 61.4 Å². The quantitative estimate of drug-likeness (QED) is 0.809. The van der Waals surface area contributed by atoms with Gasteiger partial charge in [0.25, 0.3) is 0 Å². The number of hydrogen-bond acceptors (Lipinski definition) is 3. The van der Waals surface area contributed by atoms with E-state index in [9.17, 15) is 9.59 Å². The second kappa shape index (κ2) is 7.62. The molecule has 2 amide bonds. The maximum absolute atomic E-state index is 12.1. The Bertz CT molecular complexity index is 340. The predicted molar refractivity (Wildman–Crippen MR) is 78.3 cm³/mol. The number of carbonyl (C=O) groups is 2. The molecule has 2 aliphatic rings. The molecule has 2 N–H and O–H groups in total. The molecule has 1 heterocycles. The molecule has 20 heavy (non-hydrogen) atoms. The standard InChI is InChI=1S/C15H27N3O2/c1-12(19)16-14-8-5-9-18(10-14)11-15(20)17-13-6-3-2-4-7-13/h13-14H,2-11H2,1H3,(H,16,19)(H,17,20). The lowest BCUT2D eigenvalue weighted by molar-refractivity contribution is -0.123. The second-order valence-electron chi connectivity index (χ2n) is 6.18. The summed E-state index contributed by atoms with van der Waals surface area (Å²) in [5.74, 6) is 0.156. The zero-order chi connectivity index (χ0) is 14.4. The summed E-state index contributed by atoms with van der Waals surface area (Å²) < 4.78 is 0. The summed E-state index contributed by atoms with van der Waals surface area (Å²) in [5, 5.41) is 6.11. The van der Waals surface area contributed by atoms with Crippen LogP contribution in [0.3, 0.4) is 0 Å². The van der Waals surface area contributed by atoms with Crippen LogP contribution in [0.25, 0.3) is 0 Å². The Morgan fingerprint density at radius 3 is 2.40 bits per heavy atom. The largest absolute Gasteiger partial charge is 0.352 e. The first-order valence-corrected chi connectivity index (χ1v) is 7.92. The molecule has 0 spiro atoms. The molecular formula is C15H27N3O2. The minimum atomic E-state index is 0.0171. The molecule has 5 nitrogen and oxygen atoms in total. The number of hydrogen-bond donors (Lipinski definition) is 2. The number of likely N-dealkylation sites (tertiary alicyclic amines) is 1. The summed E-state index contributed by atoms with van der Waals surface area (Å²) in [4.78, 5) is 25.3. The van der Waals surface area contributed by atoms with Crippen molar-refractivity contribution >= 4 is 11.8 Å². The van der Waals surface area contributed by atoms with Crippen LogP contribution in [-0.4, -0.2) is 48.4 Å². The van der Waals surface area contributed by atoms with Gasteiger partial charge in [-0.2, -0.15) is 0 Å². The van der Waals surface area contributed by atoms with E-state index in [0.29, 0.717) is 12.6 Å². The third kappa shape index (κ3) is 5.12. The highest BCUT2D eigenvalue weighted by atomic mass is 16.2. The van der Waals surface area contributed by atoms with E-state index in [-0.39, 0.29) is 17.9 Å². The molecule has 0 radical (unpaired) electrons. The average Bonchev–Trinajstić information content (AvgIpc) is 2.39. The lowest BCUT2D eigenvalue weighted by Gasteiger charge is -2.33. The van der Waals surface area contributed by atoms with E-state index < -0.39 is 0 Å². The van der Waals surface area contributed by atoms with E-state index in [1.807, 2.05) is 0 Å². The second-order valence-corrected chi connectivity index (χ2v) is 6.18. The fourth-order valence-electron chi connectivity index (χ4n) is 3.33. The fraction of sp³-hybridized carbons (Fsp3) is 0.867. The Balaban J connectivity index is 1.71. The van der Waals surface area contributed by atoms with E-state index in [4.69, 9.17) is 0 Å². The fourth-order valence-corrected chi connectivity index (χ4v) is 3.33. The Labute approximate surface area is 121 Å². The van der Waals surface area contributed by atoms with Crippen molar-refractivity contribution in [3.8, 4) is 0 Å². The highest BCUT2D eigenvalue weighted by molar-refractivity contribution is 5.78. The molecule has 0 aromatic carbocycles. The molecule has 114 valence electrons. The minimum Gasteiger partial charge on any atom is -0.352 e. The van der Waals surface area contributed by atoms with E-state index in [1.54, 1.807) is 6.92 Å². The highest BCUT2D eigenvalue weighted by Gasteiger charge is 2.23. The first-order valence-electron chi connectivity index (χ1n) is 7.92. The molecule has 1 saturated carbocycles. The molecule has 1 aliphatic carbocycles. The van der Waals surface area contributed by atoms with Crippen molar-refractivity contribution in [3.05, 3.63) is 0 Å². The van der Waals surface area contributed by atoms with Gasteiger partial charge in [-0.05, 0) is 32.2 Å². The van der Waals surface area contributed by atoms with Crippen LogP contribution in [0.1, 0.15) is 51.9 Å². The first kappa shape index (κ1) is 15.3. The van der Waals surface area contributed by atoms with Gasteiger partial charge in [0.2, 0.25) is 11.8 Å². The summed E-state index contributed by atoms with van der Waals surface area (Å²) in [6.45, 7) is 3.76. The number of nitrogens with one attached hydrogen (secondary N) is 2. The zero-order valence-corrected chi connectivity index (χ0v) is 12.5. The first-order chi connectivity index (χ1) is 9.63. The Morgan fingerprint density at radius 2 is 1.70 bits per heavy atom. The van der Waals surface area contributed by atoms with Gasteiger partial charge in [0.15, 0.2) is 0 Å². The van der Waals surface area contributed by atoms with E-state index >= 15 is 0 Å². The summed E-state index contributed by atoms with van der Waals surface area (Å²) in [6, 6.07) is 0.580. The van der Waals surface area contributed by atoms with Crippen molar-refractivity contribution in [3.63, 3.8) is 0 Å². The van der Waals surface area contributed by atoms with Gasteiger partial charge in [0.1, 0.15) is 0 Å². The molecule has 1 atom stereocenters. The molecule has 5 heteroatoms. The summed E-state index contributed by atoms with van der Waals surface area (Å²) in [7, 11) is 0. The summed E-state index contributed by atoms with van der Waals surface area (Å²) >= 11 is 0. The van der Waals surface area contributed by atoms with Crippen molar-refractivity contribution in [1.29, 1.82) is 0 Å². The van der Waals surface area contributed by atoms with Gasteiger partial charge in [-0.25, -0.2) is 0 Å². The van der Waals surface area contributed by atoms with Crippen LogP contribution in [0.2, 0.25) is 0 Å². The van der Waals surface area contributed by atoms with Gasteiger partial charge in [-0.3, -0.25) is 14.5 Å². The molecule has 1 unspecified atom stereocenters. The maximum atomic E-state index is 12.1. The third-order valence-electron chi connectivity index (χ3n) is 4.25. The highest BCUT2D eigenvalue weighted by Crippen LogP contribution is 2.17. The van der Waals surface area contributed by atoms with Gasteiger partial charge >= 0.3 is 0 Å². The van der Waals surface area contributed by atoms with Crippen LogP contribution in [0.5, 0.6) is 0 Å². The monoisotopic (exact) mass is 281 g/mol. The van der Waals surface area contributed by atoms with Crippen molar-refractivity contribution in [2.45, 2.75) is 64.0 Å².